The second kappa shape index (κ2) is 10.6. The Hall–Kier alpha value is -3.52. The maximum Gasteiger partial charge on any atom is 0.295 e. The number of Topliss-reactive ketones (excluding diaryl/α,β-unsaturated/α-hetero) is 1. The number of carbonyl (C=O) groups is 2. The SMILES string of the molecule is COc1cc(C2C(=C([O-])c3ccc(OC(C)C)cc3)C(=O)C(=O)N2CCC[NH+](C)C)ccc1O. The molecular formula is C26H32N2O6. The van der Waals surface area contributed by atoms with Crippen molar-refractivity contribution in [3.63, 3.8) is 0 Å². The van der Waals surface area contributed by atoms with E-state index in [0.29, 0.717) is 29.8 Å². The quantitative estimate of drug-likeness (QED) is 0.323. The van der Waals surface area contributed by atoms with Crippen LogP contribution < -0.4 is 19.5 Å². The molecule has 1 atom stereocenters. The van der Waals surface area contributed by atoms with Crippen molar-refractivity contribution in [2.45, 2.75) is 32.4 Å². The molecule has 0 aromatic heterocycles. The third-order valence-electron chi connectivity index (χ3n) is 5.61. The lowest BCUT2D eigenvalue weighted by Crippen LogP contribution is -3.05. The van der Waals surface area contributed by atoms with Gasteiger partial charge in [-0.25, -0.2) is 0 Å². The van der Waals surface area contributed by atoms with Crippen LogP contribution >= 0.6 is 0 Å². The Morgan fingerprint density at radius 3 is 2.41 bits per heavy atom. The molecule has 0 radical (unpaired) electrons. The van der Waals surface area contributed by atoms with Crippen molar-refractivity contribution in [3.8, 4) is 17.2 Å². The number of carbonyl (C=O) groups excluding carboxylic acids is 2. The predicted molar refractivity (Wildman–Crippen MR) is 126 cm³/mol. The first kappa shape index (κ1) is 25.1. The van der Waals surface area contributed by atoms with Crippen LogP contribution in [0.25, 0.3) is 5.76 Å². The Morgan fingerprint density at radius 1 is 1.15 bits per heavy atom. The molecule has 2 aromatic rings. The van der Waals surface area contributed by atoms with Gasteiger partial charge in [-0.2, -0.15) is 0 Å². The highest BCUT2D eigenvalue weighted by molar-refractivity contribution is 6.46. The van der Waals surface area contributed by atoms with Gasteiger partial charge in [-0.3, -0.25) is 9.59 Å². The third-order valence-corrected chi connectivity index (χ3v) is 5.61. The number of hydrogen-bond donors (Lipinski definition) is 2. The van der Waals surface area contributed by atoms with Gasteiger partial charge in [-0.1, -0.05) is 24.0 Å². The van der Waals surface area contributed by atoms with Crippen LogP contribution in [0.4, 0.5) is 0 Å². The maximum absolute atomic E-state index is 13.5. The number of ketones is 1. The van der Waals surface area contributed by atoms with E-state index in [-0.39, 0.29) is 23.2 Å². The van der Waals surface area contributed by atoms with E-state index in [9.17, 15) is 19.8 Å². The Morgan fingerprint density at radius 2 is 1.82 bits per heavy atom. The summed E-state index contributed by atoms with van der Waals surface area (Å²) in [5.41, 5.74) is 0.712. The van der Waals surface area contributed by atoms with Gasteiger partial charge < -0.3 is 29.5 Å². The van der Waals surface area contributed by atoms with Crippen molar-refractivity contribution >= 4 is 17.4 Å². The number of hydrogen-bond acceptors (Lipinski definition) is 6. The van der Waals surface area contributed by atoms with Crippen LogP contribution in [0, 0.1) is 0 Å². The van der Waals surface area contributed by atoms with E-state index in [1.807, 2.05) is 27.9 Å². The fourth-order valence-electron chi connectivity index (χ4n) is 4.03. The van der Waals surface area contributed by atoms with Crippen molar-refractivity contribution < 1.29 is 34.2 Å². The van der Waals surface area contributed by atoms with E-state index in [0.717, 1.165) is 6.54 Å². The van der Waals surface area contributed by atoms with Crippen LogP contribution in [0.3, 0.4) is 0 Å². The minimum atomic E-state index is -0.870. The van der Waals surface area contributed by atoms with Gasteiger partial charge >= 0.3 is 0 Å². The molecule has 2 aromatic carbocycles. The lowest BCUT2D eigenvalue weighted by Gasteiger charge is -2.28. The van der Waals surface area contributed by atoms with Gasteiger partial charge in [0.15, 0.2) is 11.5 Å². The molecule has 1 heterocycles. The average molecular weight is 469 g/mol. The summed E-state index contributed by atoms with van der Waals surface area (Å²) in [6, 6.07) is 10.3. The molecule has 0 saturated carbocycles. The summed E-state index contributed by atoms with van der Waals surface area (Å²) < 4.78 is 10.9. The number of benzene rings is 2. The smallest absolute Gasteiger partial charge is 0.295 e. The first-order chi connectivity index (χ1) is 16.1. The molecule has 8 nitrogen and oxygen atoms in total. The van der Waals surface area contributed by atoms with Crippen molar-refractivity contribution in [1.82, 2.24) is 4.90 Å². The van der Waals surface area contributed by atoms with Crippen LogP contribution in [0.2, 0.25) is 0 Å². The Balaban J connectivity index is 2.08. The Bertz CT molecular complexity index is 1080. The lowest BCUT2D eigenvalue weighted by atomic mass is 9.95. The number of phenols is 1. The zero-order chi connectivity index (χ0) is 25.0. The number of phenolic OH excluding ortho intramolecular Hbond substituents is 1. The number of methoxy groups -OCH3 is 1. The van der Waals surface area contributed by atoms with Crippen molar-refractivity contribution in [1.29, 1.82) is 0 Å². The molecule has 0 aliphatic carbocycles. The highest BCUT2D eigenvalue weighted by atomic mass is 16.5. The van der Waals surface area contributed by atoms with Gasteiger partial charge in [0.05, 0.1) is 39.9 Å². The van der Waals surface area contributed by atoms with Crippen LogP contribution in [0.1, 0.15) is 37.4 Å². The van der Waals surface area contributed by atoms with Crippen LogP contribution in [-0.2, 0) is 9.59 Å². The summed E-state index contributed by atoms with van der Waals surface area (Å²) in [5, 5.41) is 23.5. The van der Waals surface area contributed by atoms with E-state index in [1.54, 1.807) is 36.4 Å². The topological polar surface area (TPSA) is 104 Å². The molecule has 1 unspecified atom stereocenters. The summed E-state index contributed by atoms with van der Waals surface area (Å²) in [5.74, 6) is -1.27. The largest absolute Gasteiger partial charge is 0.872 e. The summed E-state index contributed by atoms with van der Waals surface area (Å²) in [7, 11) is 5.43. The second-order valence-electron chi connectivity index (χ2n) is 8.91. The van der Waals surface area contributed by atoms with E-state index >= 15 is 0 Å². The van der Waals surface area contributed by atoms with E-state index in [4.69, 9.17) is 9.47 Å². The Kier molecular flexibility index (Phi) is 7.83. The van der Waals surface area contributed by atoms with Gasteiger partial charge in [0, 0.05) is 18.5 Å². The first-order valence-corrected chi connectivity index (χ1v) is 11.3. The van der Waals surface area contributed by atoms with Gasteiger partial charge in [0.1, 0.15) is 5.75 Å². The number of quaternary nitrogens is 1. The number of nitrogens with one attached hydrogen (secondary N) is 1. The van der Waals surface area contributed by atoms with E-state index in [1.165, 1.54) is 23.0 Å². The highest BCUT2D eigenvalue weighted by Crippen LogP contribution is 2.41. The number of ether oxygens (including phenoxy) is 2. The molecule has 3 rings (SSSR count). The molecule has 1 amide bonds. The predicted octanol–water partition coefficient (Wildman–Crippen LogP) is 0.947. The van der Waals surface area contributed by atoms with Crippen LogP contribution in [0.5, 0.6) is 17.2 Å². The van der Waals surface area contributed by atoms with Gasteiger partial charge in [0.2, 0.25) is 5.78 Å². The zero-order valence-electron chi connectivity index (χ0n) is 20.3. The van der Waals surface area contributed by atoms with Crippen molar-refractivity contribution in [3.05, 3.63) is 59.2 Å². The molecule has 8 heteroatoms. The molecule has 1 fully saturated rings. The van der Waals surface area contributed by atoms with E-state index < -0.39 is 23.5 Å². The maximum atomic E-state index is 13.5. The molecule has 1 aliphatic heterocycles. The first-order valence-electron chi connectivity index (χ1n) is 11.3. The average Bonchev–Trinajstić information content (AvgIpc) is 3.04. The summed E-state index contributed by atoms with van der Waals surface area (Å²) in [6.45, 7) is 4.92. The van der Waals surface area contributed by atoms with Crippen molar-refractivity contribution in [2.24, 2.45) is 0 Å². The monoisotopic (exact) mass is 468 g/mol. The fourth-order valence-corrected chi connectivity index (χ4v) is 4.03. The molecule has 182 valence electrons. The van der Waals surface area contributed by atoms with Gasteiger partial charge in [-0.05, 0) is 49.2 Å². The number of nitrogens with zero attached hydrogens (tertiary/aromatic N) is 1. The number of amides is 1. The molecule has 1 aliphatic rings. The van der Waals surface area contributed by atoms with E-state index in [2.05, 4.69) is 0 Å². The van der Waals surface area contributed by atoms with Crippen LogP contribution in [-0.4, -0.2) is 62.1 Å². The Labute approximate surface area is 200 Å². The summed E-state index contributed by atoms with van der Waals surface area (Å²) in [6.07, 6.45) is 0.645. The zero-order valence-corrected chi connectivity index (χ0v) is 20.3. The standard InChI is InChI=1S/C26H32N2O6/c1-16(2)34-19-10-7-17(8-11-19)24(30)22-23(18-9-12-20(29)21(15-18)33-5)28(26(32)25(22)31)14-6-13-27(3)4/h7-12,15-16,23,29-30H,6,13-14H2,1-5H3. The number of likely N-dealkylation sites (tertiary alicyclic amines) is 1. The second-order valence-corrected chi connectivity index (χ2v) is 8.91. The molecule has 34 heavy (non-hydrogen) atoms. The summed E-state index contributed by atoms with van der Waals surface area (Å²) in [4.78, 5) is 28.7. The van der Waals surface area contributed by atoms with Gasteiger partial charge in [-0.15, -0.1) is 0 Å². The molecule has 1 saturated heterocycles. The van der Waals surface area contributed by atoms with Crippen LogP contribution in [0.15, 0.2) is 48.0 Å². The fraction of sp³-hybridized carbons (Fsp3) is 0.385. The molecular weight excluding hydrogens is 436 g/mol. The summed E-state index contributed by atoms with van der Waals surface area (Å²) >= 11 is 0. The number of aromatic hydroxyl groups is 1. The molecule has 0 bridgehead atoms. The van der Waals surface area contributed by atoms with Crippen molar-refractivity contribution in [2.75, 3.05) is 34.3 Å². The van der Waals surface area contributed by atoms with Gasteiger partial charge in [0.25, 0.3) is 5.91 Å². The minimum Gasteiger partial charge on any atom is -0.872 e. The lowest BCUT2D eigenvalue weighted by molar-refractivity contribution is -0.858. The highest BCUT2D eigenvalue weighted by Gasteiger charge is 2.44. The number of rotatable bonds is 9. The minimum absolute atomic E-state index is 0.0172. The molecule has 0 spiro atoms. The third kappa shape index (κ3) is 5.34. The normalized spacial score (nSPS) is 17.6. The molecule has 2 N–H and O–H groups in total.